The second-order valence-corrected chi connectivity index (χ2v) is 26.0. The predicted octanol–water partition coefficient (Wildman–Crippen LogP) is 0.817. The van der Waals surface area contributed by atoms with Gasteiger partial charge in [-0.1, -0.05) is 115 Å². The number of likely N-dealkylation sites (N-methyl/N-ethyl adjacent to an activating group) is 1. The highest BCUT2D eigenvalue weighted by atomic mass is 16.4. The van der Waals surface area contributed by atoms with Crippen molar-refractivity contribution >= 4 is 76.0 Å². The number of aromatic nitrogens is 1. The van der Waals surface area contributed by atoms with Crippen LogP contribution in [-0.4, -0.2) is 179 Å². The molecule has 0 spiro atoms. The van der Waals surface area contributed by atoms with E-state index in [2.05, 4.69) is 52.5 Å². The third kappa shape index (κ3) is 27.2. The number of rotatable bonds is 45. The molecule has 9 amide bonds. The highest BCUT2D eigenvalue weighted by Gasteiger charge is 2.39. The Bertz CT molecular complexity index is 3270. The minimum absolute atomic E-state index is 0.0597. The minimum atomic E-state index is -1.45. The van der Waals surface area contributed by atoms with E-state index in [0.717, 1.165) is 10.9 Å². The van der Waals surface area contributed by atoms with Crippen LogP contribution in [0.2, 0.25) is 0 Å². The molecule has 4 aromatic rings. The lowest BCUT2D eigenvalue weighted by molar-refractivity contribution is -0.142. The first kappa shape index (κ1) is 82.2. The number of aliphatic imine (C=N–C) groups is 1. The van der Waals surface area contributed by atoms with Crippen LogP contribution in [0.3, 0.4) is 0 Å². The molecule has 1 heterocycles. The van der Waals surface area contributed by atoms with Crippen LogP contribution < -0.4 is 76.9 Å². The summed E-state index contributed by atoms with van der Waals surface area (Å²) < 4.78 is 0. The summed E-state index contributed by atoms with van der Waals surface area (Å²) in [6.45, 7) is 11.3. The maximum atomic E-state index is 14.9. The number of fused-ring (bicyclic) bond motifs is 1. The number of hydrogen-bond acceptors (Lipinski definition) is 16. The maximum Gasteiger partial charge on any atom is 0.326 e. The zero-order valence-corrected chi connectivity index (χ0v) is 58.4. The van der Waals surface area contributed by atoms with Gasteiger partial charge in [-0.05, 0) is 136 Å². The minimum Gasteiger partial charge on any atom is -0.508 e. The predicted molar refractivity (Wildman–Crippen MR) is 379 cm³/mol. The van der Waals surface area contributed by atoms with E-state index < -0.39 is 137 Å². The Kier molecular flexibility index (Phi) is 35.4. The number of aliphatic carboxylic acids is 1. The van der Waals surface area contributed by atoms with Crippen molar-refractivity contribution in [2.24, 2.45) is 57.1 Å². The summed E-state index contributed by atoms with van der Waals surface area (Å²) in [5.41, 5.74) is 37.1. The molecule has 0 saturated carbocycles. The number of para-hydroxylation sites is 1. The normalized spacial score (nSPS) is 14.7. The Morgan fingerprint density at radius 2 is 0.949 bits per heavy atom. The second-order valence-electron chi connectivity index (χ2n) is 26.0. The number of aromatic hydroxyl groups is 1. The first-order valence-electron chi connectivity index (χ1n) is 34.3. The number of unbranched alkanes of at least 4 members (excludes halogenated alkanes) is 3. The van der Waals surface area contributed by atoms with E-state index in [9.17, 15) is 58.2 Å². The molecule has 0 unspecified atom stereocenters. The van der Waals surface area contributed by atoms with Crippen molar-refractivity contribution in [1.82, 2.24) is 52.4 Å². The number of H-pyrrole nitrogens is 1. The summed E-state index contributed by atoms with van der Waals surface area (Å²) in [5.74, 6) is -10.1. The van der Waals surface area contributed by atoms with Gasteiger partial charge < -0.3 is 97.0 Å². The number of phenols is 1. The molecule has 29 nitrogen and oxygen atoms in total. The van der Waals surface area contributed by atoms with Crippen LogP contribution in [0.1, 0.15) is 135 Å². The van der Waals surface area contributed by atoms with E-state index in [1.54, 1.807) is 90.2 Å². The largest absolute Gasteiger partial charge is 0.508 e. The number of amides is 9. The number of aromatic amines is 1. The molecule has 0 bridgehead atoms. The monoisotopic (exact) mass is 1380 g/mol. The van der Waals surface area contributed by atoms with Crippen molar-refractivity contribution < 1.29 is 58.2 Å². The van der Waals surface area contributed by atoms with E-state index in [1.165, 1.54) is 24.1 Å². The smallest absolute Gasteiger partial charge is 0.326 e. The van der Waals surface area contributed by atoms with Gasteiger partial charge in [-0.25, -0.2) is 4.79 Å². The second kappa shape index (κ2) is 42.6. The average Bonchev–Trinajstić information content (AvgIpc) is 1.77. The summed E-state index contributed by atoms with van der Waals surface area (Å²) in [7, 11) is 1.44. The lowest BCUT2D eigenvalue weighted by Crippen LogP contribution is -2.63. The highest BCUT2D eigenvalue weighted by Crippen LogP contribution is 2.22. The number of carboxylic acids is 1. The number of carbonyl (C=O) groups is 10. The van der Waals surface area contributed by atoms with Crippen molar-refractivity contribution in [3.05, 3.63) is 102 Å². The van der Waals surface area contributed by atoms with E-state index >= 15 is 0 Å². The van der Waals surface area contributed by atoms with Crippen LogP contribution in [0.4, 0.5) is 0 Å². The number of nitrogens with two attached hydrogens (primary N) is 6. The fourth-order valence-corrected chi connectivity index (χ4v) is 11.3. The van der Waals surface area contributed by atoms with Gasteiger partial charge in [0.25, 0.3) is 0 Å². The summed E-state index contributed by atoms with van der Waals surface area (Å²) in [6, 6.07) is 9.17. The summed E-state index contributed by atoms with van der Waals surface area (Å²) in [4.78, 5) is 152. The van der Waals surface area contributed by atoms with E-state index in [0.29, 0.717) is 81.1 Å². The van der Waals surface area contributed by atoms with Gasteiger partial charge >= 0.3 is 5.97 Å². The van der Waals surface area contributed by atoms with Gasteiger partial charge in [-0.3, -0.25) is 48.1 Å². The van der Waals surface area contributed by atoms with Gasteiger partial charge in [0.15, 0.2) is 5.96 Å². The number of guanidine groups is 1. The Morgan fingerprint density at radius 3 is 1.49 bits per heavy atom. The molecule has 1 aromatic heterocycles. The van der Waals surface area contributed by atoms with Gasteiger partial charge in [-0.2, -0.15) is 0 Å². The zero-order valence-electron chi connectivity index (χ0n) is 58.4. The fourth-order valence-electron chi connectivity index (χ4n) is 11.3. The lowest BCUT2D eigenvalue weighted by atomic mass is 9.95. The molecule has 4 rings (SSSR count). The first-order chi connectivity index (χ1) is 47.1. The van der Waals surface area contributed by atoms with E-state index in [1.807, 2.05) is 24.3 Å². The Hall–Kier alpha value is -9.19. The average molecular weight is 1380 g/mol. The van der Waals surface area contributed by atoms with Gasteiger partial charge in [0.2, 0.25) is 53.2 Å². The van der Waals surface area contributed by atoms with Crippen LogP contribution in [-0.2, 0) is 67.2 Å². The molecule has 99 heavy (non-hydrogen) atoms. The Morgan fingerprint density at radius 1 is 0.505 bits per heavy atom. The van der Waals surface area contributed by atoms with Crippen molar-refractivity contribution in [3.8, 4) is 5.75 Å². The summed E-state index contributed by atoms with van der Waals surface area (Å²) >= 11 is 0. The quantitative estimate of drug-likeness (QED) is 0.0165. The van der Waals surface area contributed by atoms with Crippen molar-refractivity contribution in [2.75, 3.05) is 33.2 Å². The molecular weight excluding hydrogens is 1270 g/mol. The number of phenolic OH excluding ortho intramolecular Hbond substituents is 1. The summed E-state index contributed by atoms with van der Waals surface area (Å²) in [6.07, 6.45) is 5.53. The maximum absolute atomic E-state index is 14.9. The molecule has 11 atom stereocenters. The zero-order chi connectivity index (χ0) is 73.3. The van der Waals surface area contributed by atoms with Crippen LogP contribution >= 0.6 is 0 Å². The molecule has 0 aliphatic heterocycles. The number of benzene rings is 3. The van der Waals surface area contributed by atoms with Crippen molar-refractivity contribution in [3.63, 3.8) is 0 Å². The van der Waals surface area contributed by atoms with Crippen molar-refractivity contribution in [1.29, 1.82) is 0 Å². The van der Waals surface area contributed by atoms with Crippen molar-refractivity contribution in [2.45, 2.75) is 198 Å². The number of nitrogens with zero attached hydrogens (tertiary/aromatic N) is 2. The summed E-state index contributed by atoms with van der Waals surface area (Å²) in [5, 5.41) is 43.2. The van der Waals surface area contributed by atoms with Gasteiger partial charge in [0, 0.05) is 50.0 Å². The molecule has 0 saturated heterocycles. The number of carboxylic acid groups (broad SMARTS) is 1. The molecule has 3 aromatic carbocycles. The molecule has 0 fully saturated rings. The molecule has 23 N–H and O–H groups in total. The van der Waals surface area contributed by atoms with Crippen LogP contribution in [0.5, 0.6) is 5.75 Å². The molecular formula is C70H109N17O12. The van der Waals surface area contributed by atoms with Crippen LogP contribution in [0.15, 0.2) is 90.1 Å². The van der Waals surface area contributed by atoms with Gasteiger partial charge in [0.1, 0.15) is 60.1 Å². The topological polar surface area (TPSA) is 495 Å². The highest BCUT2D eigenvalue weighted by molar-refractivity contribution is 5.99. The third-order valence-corrected chi connectivity index (χ3v) is 17.4. The Balaban J connectivity index is 1.66. The third-order valence-electron chi connectivity index (χ3n) is 17.4. The fraction of sp³-hybridized carbons (Fsp3) is 0.557. The van der Waals surface area contributed by atoms with Gasteiger partial charge in [0.05, 0.1) is 6.04 Å². The molecule has 0 aliphatic rings. The molecule has 0 radical (unpaired) electrons. The standard InChI is InChI=1S/C70H109N17O12/c1-8-43(6)59(67(96)83-55(39-46-40-78-50-25-13-12-23-48(46)50)62(91)79-51(26-15-18-34-72)60(89)80-52(69(98)99)27-16-19-35-73)86-66(95)58(42(4)5)85-65(94)57(41(2)3)84-63(92)54(38-45-29-31-47(88)32-30-45)81-61(90)53(37-44-21-10-9-11-22-44)82-64(93)56(28-20-36-77-70(75)76)87(7)68(97)49(74)24-14-17-33-71/h9-13,21-23,25,29-32,40-43,49,51-59,78,88H,8,14-20,24,26-28,33-39,71-74H2,1-7H3,(H,79,91)(H,80,89)(H,81,90)(H,82,93)(H,83,96)(H,84,92)(H,85,94)(H,86,95)(H,98,99)(H4,75,76,77)/t43-,49+,51-,52+,53-,54-,55-,56-,57-,58-,59-/m0/s1. The first-order valence-corrected chi connectivity index (χ1v) is 34.3. The van der Waals surface area contributed by atoms with Crippen LogP contribution in [0.25, 0.3) is 10.9 Å². The SMILES string of the molecule is CC[C@H](C)[C@H](NC(=O)[C@@H](NC(=O)[C@@H](NC(=O)[C@H](Cc1ccc(O)cc1)NC(=O)[C@H](Cc1ccccc1)NC(=O)[C@H](CCCN=C(N)N)N(C)C(=O)[C@H](N)CCCCN)C(C)C)C(C)C)C(=O)N[C@@H](Cc1c[nH]c2ccccc12)C(=O)N[C@@H](CCCCN)C(=O)N[C@H](CCCCN)C(=O)O. The molecule has 546 valence electrons. The van der Waals surface area contributed by atoms with E-state index in [4.69, 9.17) is 34.4 Å². The number of hydrogen-bond donors (Lipinski definition) is 17. The van der Waals surface area contributed by atoms with Crippen LogP contribution in [0, 0.1) is 17.8 Å². The molecule has 29 heteroatoms. The lowest BCUT2D eigenvalue weighted by Gasteiger charge is -2.32. The number of nitrogens with one attached hydrogen (secondary N) is 9. The number of carbonyl (C=O) groups excluding carboxylic acids is 9. The van der Waals surface area contributed by atoms with E-state index in [-0.39, 0.29) is 69.7 Å². The molecule has 0 aliphatic carbocycles. The van der Waals surface area contributed by atoms with Gasteiger partial charge in [-0.15, -0.1) is 0 Å². The Labute approximate surface area is 580 Å².